The highest BCUT2D eigenvalue weighted by atomic mass is 35.5. The number of nitrogens with zero attached hydrogens (tertiary/aromatic N) is 1. The van der Waals surface area contributed by atoms with Gasteiger partial charge in [0, 0.05) is 17.3 Å². The molecule has 0 saturated heterocycles. The average molecular weight is 361 g/mol. The van der Waals surface area contributed by atoms with Crippen molar-refractivity contribution in [1.82, 2.24) is 4.57 Å². The second kappa shape index (κ2) is 6.94. The Morgan fingerprint density at radius 2 is 2.04 bits per heavy atom. The number of rotatable bonds is 4. The topological polar surface area (TPSA) is 60.3 Å². The SMILES string of the molecule is COc1ccc2c(=O)n(CC(=O)Nc3ccc(F)c(Cl)c3)ccc2c1. The zero-order valence-corrected chi connectivity index (χ0v) is 14.0. The van der Waals surface area contributed by atoms with Crippen molar-refractivity contribution in [2.75, 3.05) is 12.4 Å². The van der Waals surface area contributed by atoms with E-state index in [1.165, 1.54) is 16.7 Å². The minimum absolute atomic E-state index is 0.0883. The van der Waals surface area contributed by atoms with Crippen LogP contribution >= 0.6 is 11.6 Å². The van der Waals surface area contributed by atoms with Crippen molar-refractivity contribution in [1.29, 1.82) is 0 Å². The van der Waals surface area contributed by atoms with E-state index in [1.807, 2.05) is 0 Å². The summed E-state index contributed by atoms with van der Waals surface area (Å²) in [6.45, 7) is -0.171. The molecule has 1 N–H and O–H groups in total. The first-order chi connectivity index (χ1) is 12.0. The Morgan fingerprint density at radius 3 is 2.76 bits per heavy atom. The first kappa shape index (κ1) is 17.0. The lowest BCUT2D eigenvalue weighted by Crippen LogP contribution is -2.27. The molecule has 128 valence electrons. The van der Waals surface area contributed by atoms with Gasteiger partial charge in [0.2, 0.25) is 5.91 Å². The zero-order chi connectivity index (χ0) is 18.0. The van der Waals surface area contributed by atoms with Crippen molar-refractivity contribution in [3.8, 4) is 5.75 Å². The largest absolute Gasteiger partial charge is 0.497 e. The number of hydrogen-bond donors (Lipinski definition) is 1. The fraction of sp³-hybridized carbons (Fsp3) is 0.111. The van der Waals surface area contributed by atoms with Crippen LogP contribution in [0.1, 0.15) is 0 Å². The van der Waals surface area contributed by atoms with Crippen molar-refractivity contribution < 1.29 is 13.9 Å². The fourth-order valence-corrected chi connectivity index (χ4v) is 2.63. The third kappa shape index (κ3) is 3.64. The molecule has 7 heteroatoms. The lowest BCUT2D eigenvalue weighted by molar-refractivity contribution is -0.116. The molecule has 0 spiro atoms. The molecule has 0 unspecified atom stereocenters. The number of amides is 1. The maximum atomic E-state index is 13.1. The van der Waals surface area contributed by atoms with Crippen molar-refractivity contribution in [3.63, 3.8) is 0 Å². The molecule has 3 aromatic rings. The Bertz CT molecular complexity index is 1020. The highest BCUT2D eigenvalue weighted by molar-refractivity contribution is 6.31. The number of aromatic nitrogens is 1. The van der Waals surface area contributed by atoms with Crippen LogP contribution < -0.4 is 15.6 Å². The maximum absolute atomic E-state index is 13.1. The van der Waals surface area contributed by atoms with Crippen molar-refractivity contribution in [2.24, 2.45) is 0 Å². The molecule has 0 saturated carbocycles. The number of fused-ring (bicyclic) bond motifs is 1. The molecule has 0 aliphatic rings. The first-order valence-electron chi connectivity index (χ1n) is 7.40. The monoisotopic (exact) mass is 360 g/mol. The van der Waals surface area contributed by atoms with Crippen molar-refractivity contribution >= 4 is 34.0 Å². The van der Waals surface area contributed by atoms with Gasteiger partial charge < -0.3 is 14.6 Å². The van der Waals surface area contributed by atoms with E-state index >= 15 is 0 Å². The van der Waals surface area contributed by atoms with Gasteiger partial charge in [-0.15, -0.1) is 0 Å². The predicted molar refractivity (Wildman–Crippen MR) is 94.8 cm³/mol. The summed E-state index contributed by atoms with van der Waals surface area (Å²) in [4.78, 5) is 24.6. The standard InChI is InChI=1S/C18H14ClFN2O3/c1-25-13-3-4-14-11(8-13)6-7-22(18(14)24)10-17(23)21-12-2-5-16(20)15(19)9-12/h2-9H,10H2,1H3,(H,21,23). The summed E-state index contributed by atoms with van der Waals surface area (Å²) in [5.41, 5.74) is 0.0717. The number of nitrogens with one attached hydrogen (secondary N) is 1. The van der Waals surface area contributed by atoms with Crippen LogP contribution in [-0.4, -0.2) is 17.6 Å². The van der Waals surface area contributed by atoms with E-state index in [2.05, 4.69) is 5.32 Å². The van der Waals surface area contributed by atoms with E-state index in [4.69, 9.17) is 16.3 Å². The molecular weight excluding hydrogens is 347 g/mol. The van der Waals surface area contributed by atoms with Crippen LogP contribution in [-0.2, 0) is 11.3 Å². The molecule has 1 aromatic heterocycles. The number of pyridine rings is 1. The van der Waals surface area contributed by atoms with Crippen molar-refractivity contribution in [3.05, 3.63) is 69.9 Å². The lowest BCUT2D eigenvalue weighted by Gasteiger charge is -2.09. The zero-order valence-electron chi connectivity index (χ0n) is 13.3. The molecule has 5 nitrogen and oxygen atoms in total. The summed E-state index contributed by atoms with van der Waals surface area (Å²) in [5, 5.41) is 3.71. The number of halogens is 2. The molecule has 0 fully saturated rings. The number of benzene rings is 2. The van der Waals surface area contributed by atoms with Crippen LogP contribution in [0.4, 0.5) is 10.1 Å². The summed E-state index contributed by atoms with van der Waals surface area (Å²) in [6, 6.07) is 10.7. The van der Waals surface area contributed by atoms with Crippen LogP contribution in [0.25, 0.3) is 10.8 Å². The van der Waals surface area contributed by atoms with E-state index in [1.54, 1.807) is 37.6 Å². The van der Waals surface area contributed by atoms with Gasteiger partial charge in [0.1, 0.15) is 18.1 Å². The van der Waals surface area contributed by atoms with E-state index in [9.17, 15) is 14.0 Å². The van der Waals surface area contributed by atoms with E-state index < -0.39 is 11.7 Å². The van der Waals surface area contributed by atoms with E-state index in [0.717, 1.165) is 11.5 Å². The highest BCUT2D eigenvalue weighted by Gasteiger charge is 2.09. The first-order valence-corrected chi connectivity index (χ1v) is 7.78. The number of hydrogen-bond acceptors (Lipinski definition) is 3. The predicted octanol–water partition coefficient (Wildman–Crippen LogP) is 3.44. The van der Waals surface area contributed by atoms with Crippen molar-refractivity contribution in [2.45, 2.75) is 6.54 Å². The molecule has 0 radical (unpaired) electrons. The summed E-state index contributed by atoms with van der Waals surface area (Å²) in [7, 11) is 1.55. The Labute approximate surface area is 147 Å². The number of carbonyl (C=O) groups excluding carboxylic acids is 1. The third-order valence-electron chi connectivity index (χ3n) is 3.70. The van der Waals surface area contributed by atoms with Gasteiger partial charge >= 0.3 is 0 Å². The Balaban J connectivity index is 1.82. The van der Waals surface area contributed by atoms with Crippen LogP contribution in [0, 0.1) is 5.82 Å². The lowest BCUT2D eigenvalue weighted by atomic mass is 10.1. The summed E-state index contributed by atoms with van der Waals surface area (Å²) in [6.07, 6.45) is 1.54. The van der Waals surface area contributed by atoms with Gasteiger partial charge in [-0.05, 0) is 47.9 Å². The average Bonchev–Trinajstić information content (AvgIpc) is 2.60. The van der Waals surface area contributed by atoms with Gasteiger partial charge in [0.15, 0.2) is 0 Å². The highest BCUT2D eigenvalue weighted by Crippen LogP contribution is 2.20. The molecule has 0 bridgehead atoms. The molecule has 0 aliphatic heterocycles. The normalized spacial score (nSPS) is 10.7. The summed E-state index contributed by atoms with van der Waals surface area (Å²) >= 11 is 5.68. The maximum Gasteiger partial charge on any atom is 0.258 e. The van der Waals surface area contributed by atoms with Gasteiger partial charge in [-0.25, -0.2) is 4.39 Å². The molecule has 2 aromatic carbocycles. The van der Waals surface area contributed by atoms with Crippen LogP contribution in [0.5, 0.6) is 5.75 Å². The Hall–Kier alpha value is -2.86. The van der Waals surface area contributed by atoms with E-state index in [0.29, 0.717) is 16.8 Å². The number of carbonyl (C=O) groups is 1. The Kier molecular flexibility index (Phi) is 4.72. The fourth-order valence-electron chi connectivity index (χ4n) is 2.45. The van der Waals surface area contributed by atoms with Gasteiger partial charge in [-0.2, -0.15) is 0 Å². The minimum atomic E-state index is -0.569. The minimum Gasteiger partial charge on any atom is -0.497 e. The number of ether oxygens (including phenoxy) is 1. The van der Waals surface area contributed by atoms with Crippen LogP contribution in [0.3, 0.4) is 0 Å². The summed E-state index contributed by atoms with van der Waals surface area (Å²) < 4.78 is 19.6. The molecule has 1 heterocycles. The molecule has 0 aliphatic carbocycles. The van der Waals surface area contributed by atoms with Crippen LogP contribution in [0.2, 0.25) is 5.02 Å². The molecular formula is C18H14ClFN2O3. The number of methoxy groups -OCH3 is 1. The summed E-state index contributed by atoms with van der Waals surface area (Å²) in [5.74, 6) is -0.339. The molecule has 1 amide bonds. The quantitative estimate of drug-likeness (QED) is 0.775. The van der Waals surface area contributed by atoms with Gasteiger partial charge in [0.05, 0.1) is 12.1 Å². The number of anilines is 1. The van der Waals surface area contributed by atoms with Crippen LogP contribution in [0.15, 0.2) is 53.5 Å². The second-order valence-corrected chi connectivity index (χ2v) is 5.79. The van der Waals surface area contributed by atoms with Gasteiger partial charge in [0.25, 0.3) is 5.56 Å². The second-order valence-electron chi connectivity index (χ2n) is 5.38. The third-order valence-corrected chi connectivity index (χ3v) is 3.99. The smallest absolute Gasteiger partial charge is 0.258 e. The molecule has 3 rings (SSSR count). The van der Waals surface area contributed by atoms with Gasteiger partial charge in [-0.1, -0.05) is 11.6 Å². The van der Waals surface area contributed by atoms with E-state index in [-0.39, 0.29) is 17.1 Å². The molecule has 0 atom stereocenters. The molecule has 25 heavy (non-hydrogen) atoms. The Morgan fingerprint density at radius 1 is 1.24 bits per heavy atom. The van der Waals surface area contributed by atoms with Gasteiger partial charge in [-0.3, -0.25) is 9.59 Å².